The van der Waals surface area contributed by atoms with Crippen LogP contribution in [-0.4, -0.2) is 11.4 Å². The van der Waals surface area contributed by atoms with Gasteiger partial charge in [0.25, 0.3) is 0 Å². The standard InChI is InChI=1S/C16H14O2/c17-14-6-7-15-12(14)8-9-16(18-15)10-13(16)11-4-2-1-3-5-11/h1-5,8-9,13H,6-7,10H2/t13-,16+/m0/s1. The molecule has 2 nitrogen and oxygen atoms in total. The van der Waals surface area contributed by atoms with Gasteiger partial charge in [-0.25, -0.2) is 0 Å². The maximum atomic E-state index is 11.6. The predicted octanol–water partition coefficient (Wildman–Crippen LogP) is 3.12. The van der Waals surface area contributed by atoms with E-state index in [-0.39, 0.29) is 11.4 Å². The number of ketones is 1. The van der Waals surface area contributed by atoms with Gasteiger partial charge in [0.15, 0.2) is 5.78 Å². The molecule has 18 heavy (non-hydrogen) atoms. The quantitative estimate of drug-likeness (QED) is 0.751. The number of hydrogen-bond donors (Lipinski definition) is 0. The van der Waals surface area contributed by atoms with E-state index in [4.69, 9.17) is 4.74 Å². The minimum absolute atomic E-state index is 0.162. The number of hydrogen-bond acceptors (Lipinski definition) is 2. The molecule has 2 heteroatoms. The van der Waals surface area contributed by atoms with Crippen molar-refractivity contribution in [3.05, 3.63) is 59.4 Å². The van der Waals surface area contributed by atoms with Gasteiger partial charge in [0.1, 0.15) is 11.4 Å². The number of Topliss-reactive ketones (excluding diaryl/α,β-unsaturated/α-hetero) is 1. The summed E-state index contributed by atoms with van der Waals surface area (Å²) < 4.78 is 6.12. The fourth-order valence-corrected chi connectivity index (χ4v) is 3.07. The van der Waals surface area contributed by atoms with Crippen LogP contribution in [0.2, 0.25) is 0 Å². The number of allylic oxidation sites excluding steroid dienone is 3. The lowest BCUT2D eigenvalue weighted by Gasteiger charge is -2.21. The molecule has 1 heterocycles. The molecule has 1 spiro atoms. The SMILES string of the molecule is O=C1CCC2=C1C=C[C@]1(C[C@H]1c1ccccc1)O2. The number of carbonyl (C=O) groups excluding carboxylic acids is 1. The zero-order chi connectivity index (χ0) is 12.2. The summed E-state index contributed by atoms with van der Waals surface area (Å²) in [5.74, 6) is 1.59. The molecule has 90 valence electrons. The Morgan fingerprint density at radius 3 is 2.83 bits per heavy atom. The molecule has 1 fully saturated rings. The second-order valence-electron chi connectivity index (χ2n) is 5.32. The number of rotatable bonds is 1. The molecule has 2 atom stereocenters. The molecule has 0 radical (unpaired) electrons. The number of ether oxygens (including phenoxy) is 1. The lowest BCUT2D eigenvalue weighted by molar-refractivity contribution is -0.114. The van der Waals surface area contributed by atoms with Gasteiger partial charge in [-0.2, -0.15) is 0 Å². The van der Waals surface area contributed by atoms with E-state index in [9.17, 15) is 4.79 Å². The minimum atomic E-state index is -0.162. The van der Waals surface area contributed by atoms with Crippen LogP contribution in [0.25, 0.3) is 0 Å². The smallest absolute Gasteiger partial charge is 0.166 e. The van der Waals surface area contributed by atoms with E-state index < -0.39 is 0 Å². The highest BCUT2D eigenvalue weighted by molar-refractivity contribution is 6.01. The van der Waals surface area contributed by atoms with Gasteiger partial charge in [-0.1, -0.05) is 30.3 Å². The van der Waals surface area contributed by atoms with Crippen molar-refractivity contribution in [2.75, 3.05) is 0 Å². The maximum Gasteiger partial charge on any atom is 0.166 e. The fourth-order valence-electron chi connectivity index (χ4n) is 3.07. The maximum absolute atomic E-state index is 11.6. The second kappa shape index (κ2) is 3.35. The van der Waals surface area contributed by atoms with Gasteiger partial charge in [0, 0.05) is 25.2 Å². The Hall–Kier alpha value is -1.83. The van der Waals surface area contributed by atoms with E-state index in [0.717, 1.165) is 24.2 Å². The van der Waals surface area contributed by atoms with Crippen molar-refractivity contribution >= 4 is 5.78 Å². The summed E-state index contributed by atoms with van der Waals surface area (Å²) >= 11 is 0. The van der Waals surface area contributed by atoms with Gasteiger partial charge in [-0.05, 0) is 17.7 Å². The van der Waals surface area contributed by atoms with Crippen molar-refractivity contribution in [2.45, 2.75) is 30.8 Å². The molecule has 1 aromatic carbocycles. The first-order chi connectivity index (χ1) is 8.78. The van der Waals surface area contributed by atoms with Crippen LogP contribution >= 0.6 is 0 Å². The van der Waals surface area contributed by atoms with E-state index in [1.165, 1.54) is 5.56 Å². The molecular formula is C16H14O2. The van der Waals surface area contributed by atoms with Crippen molar-refractivity contribution in [1.82, 2.24) is 0 Å². The molecule has 3 aliphatic rings. The zero-order valence-corrected chi connectivity index (χ0v) is 10.1. The third-order valence-corrected chi connectivity index (χ3v) is 4.18. The Morgan fingerprint density at radius 2 is 2.00 bits per heavy atom. The molecule has 1 aromatic rings. The Bertz CT molecular complexity index is 582. The molecule has 0 bridgehead atoms. The average Bonchev–Trinajstić information content (AvgIpc) is 2.98. The topological polar surface area (TPSA) is 26.3 Å². The zero-order valence-electron chi connectivity index (χ0n) is 10.1. The van der Waals surface area contributed by atoms with Gasteiger partial charge in [0.2, 0.25) is 0 Å². The van der Waals surface area contributed by atoms with Crippen molar-refractivity contribution in [2.24, 2.45) is 0 Å². The first kappa shape index (κ1) is 10.1. The molecule has 1 aliphatic heterocycles. The van der Waals surface area contributed by atoms with Crippen molar-refractivity contribution in [1.29, 1.82) is 0 Å². The Balaban J connectivity index is 1.62. The first-order valence-electron chi connectivity index (χ1n) is 6.48. The molecule has 1 saturated carbocycles. The molecule has 0 saturated heterocycles. The molecular weight excluding hydrogens is 224 g/mol. The van der Waals surface area contributed by atoms with Gasteiger partial charge in [-0.15, -0.1) is 0 Å². The molecule has 2 aliphatic carbocycles. The summed E-state index contributed by atoms with van der Waals surface area (Å²) in [5, 5.41) is 0. The summed E-state index contributed by atoms with van der Waals surface area (Å²) in [6.07, 6.45) is 6.49. The Morgan fingerprint density at radius 1 is 1.17 bits per heavy atom. The number of benzene rings is 1. The van der Waals surface area contributed by atoms with Crippen LogP contribution in [0.4, 0.5) is 0 Å². The molecule has 0 aromatic heterocycles. The summed E-state index contributed by atoms with van der Waals surface area (Å²) in [5.41, 5.74) is 1.97. The van der Waals surface area contributed by atoms with Crippen LogP contribution in [0, 0.1) is 0 Å². The fraction of sp³-hybridized carbons (Fsp3) is 0.312. The minimum Gasteiger partial charge on any atom is -0.486 e. The molecule has 4 rings (SSSR count). The number of carbonyl (C=O) groups is 1. The van der Waals surface area contributed by atoms with Crippen molar-refractivity contribution < 1.29 is 9.53 Å². The second-order valence-corrected chi connectivity index (χ2v) is 5.32. The highest BCUT2D eigenvalue weighted by atomic mass is 16.5. The predicted molar refractivity (Wildman–Crippen MR) is 68.0 cm³/mol. The third kappa shape index (κ3) is 1.32. The van der Waals surface area contributed by atoms with E-state index in [2.05, 4.69) is 30.3 Å². The highest BCUT2D eigenvalue weighted by Gasteiger charge is 2.57. The lowest BCUT2D eigenvalue weighted by atomic mass is 10.0. The average molecular weight is 238 g/mol. The summed E-state index contributed by atoms with van der Waals surface area (Å²) in [6.45, 7) is 0. The third-order valence-electron chi connectivity index (χ3n) is 4.18. The summed E-state index contributed by atoms with van der Waals surface area (Å²) in [4.78, 5) is 11.6. The highest BCUT2D eigenvalue weighted by Crippen LogP contribution is 2.58. The first-order valence-corrected chi connectivity index (χ1v) is 6.48. The molecule has 0 amide bonds. The van der Waals surface area contributed by atoms with Gasteiger partial charge >= 0.3 is 0 Å². The van der Waals surface area contributed by atoms with Crippen LogP contribution in [-0.2, 0) is 9.53 Å². The normalized spacial score (nSPS) is 32.7. The van der Waals surface area contributed by atoms with Crippen LogP contribution in [0.3, 0.4) is 0 Å². The Kier molecular flexibility index (Phi) is 1.88. The summed E-state index contributed by atoms with van der Waals surface area (Å²) in [6, 6.07) is 10.5. The largest absolute Gasteiger partial charge is 0.486 e. The van der Waals surface area contributed by atoms with Crippen LogP contribution < -0.4 is 0 Å². The van der Waals surface area contributed by atoms with E-state index in [0.29, 0.717) is 12.3 Å². The van der Waals surface area contributed by atoms with Crippen molar-refractivity contribution in [3.8, 4) is 0 Å². The van der Waals surface area contributed by atoms with Gasteiger partial charge in [-0.3, -0.25) is 4.79 Å². The molecule has 0 N–H and O–H groups in total. The van der Waals surface area contributed by atoms with Gasteiger partial charge in [0.05, 0.1) is 5.57 Å². The van der Waals surface area contributed by atoms with Crippen LogP contribution in [0.5, 0.6) is 0 Å². The lowest BCUT2D eigenvalue weighted by Crippen LogP contribution is -2.17. The molecule has 0 unspecified atom stereocenters. The van der Waals surface area contributed by atoms with E-state index in [1.807, 2.05) is 12.1 Å². The van der Waals surface area contributed by atoms with Crippen molar-refractivity contribution in [3.63, 3.8) is 0 Å². The van der Waals surface area contributed by atoms with E-state index >= 15 is 0 Å². The van der Waals surface area contributed by atoms with Gasteiger partial charge < -0.3 is 4.74 Å². The van der Waals surface area contributed by atoms with E-state index in [1.54, 1.807) is 0 Å². The van der Waals surface area contributed by atoms with Crippen LogP contribution in [0.15, 0.2) is 53.8 Å². The van der Waals surface area contributed by atoms with Crippen LogP contribution in [0.1, 0.15) is 30.7 Å². The Labute approximate surface area is 106 Å². The summed E-state index contributed by atoms with van der Waals surface area (Å²) in [7, 11) is 0. The monoisotopic (exact) mass is 238 g/mol.